The zero-order valence-corrected chi connectivity index (χ0v) is 33.7. The van der Waals surface area contributed by atoms with Gasteiger partial charge in [0.15, 0.2) is 12.6 Å². The van der Waals surface area contributed by atoms with E-state index in [-0.39, 0.29) is 40.3 Å². The molecule has 12 heteroatoms. The molecule has 6 fully saturated rings. The van der Waals surface area contributed by atoms with Crippen LogP contribution in [-0.4, -0.2) is 128 Å². The fourth-order valence-corrected chi connectivity index (χ4v) is 12.9. The van der Waals surface area contributed by atoms with Gasteiger partial charge in [0.1, 0.15) is 48.8 Å². The average molecular weight is 767 g/mol. The second kappa shape index (κ2) is 15.6. The normalized spacial score (nSPS) is 51.9. The maximum Gasteiger partial charge on any atom is 0.187 e. The molecule has 0 radical (unpaired) electrons. The first kappa shape index (κ1) is 42.6. The van der Waals surface area contributed by atoms with E-state index in [1.807, 2.05) is 0 Å². The molecular formula is C42H70O12. The van der Waals surface area contributed by atoms with Gasteiger partial charge in [-0.2, -0.15) is 0 Å². The molecule has 2 saturated heterocycles. The van der Waals surface area contributed by atoms with Gasteiger partial charge in [0.2, 0.25) is 0 Å². The zero-order valence-electron chi connectivity index (χ0n) is 33.7. The van der Waals surface area contributed by atoms with Gasteiger partial charge >= 0.3 is 0 Å². The molecule has 0 spiro atoms. The monoisotopic (exact) mass is 766 g/mol. The van der Waals surface area contributed by atoms with Crippen molar-refractivity contribution in [2.24, 2.45) is 45.3 Å². The standard InChI is InChI=1S/C42H70O12/c1-21(2)10-9-11-22(3)23-12-16-42(8)30(23)24(45)18-28-40(6)15-14-29(39(4,5)27(40)13-17-41(28,42)7)53-38-36(34(49)32(47)26(20-44)52-38)54-37-35(50)33(48)31(46)25(19-43)51-37/h10-11,23-38,43-50H,9,12-20H2,1-8H3/b22-11-/t23-,24?,25-,26-,27+,28-,29?,30+,31-,32-,33+,34+,35-,36-,37+,38+,40+,41-,42-/m1/s1. The summed E-state index contributed by atoms with van der Waals surface area (Å²) in [5, 5.41) is 85.4. The first-order valence-corrected chi connectivity index (χ1v) is 20.5. The van der Waals surface area contributed by atoms with E-state index < -0.39 is 80.0 Å². The van der Waals surface area contributed by atoms with Gasteiger partial charge in [-0.25, -0.2) is 0 Å². The van der Waals surface area contributed by atoms with E-state index in [4.69, 9.17) is 18.9 Å². The second-order valence-corrected chi connectivity index (χ2v) is 19.4. The number of hydrogen-bond donors (Lipinski definition) is 8. The lowest BCUT2D eigenvalue weighted by molar-refractivity contribution is -0.378. The molecule has 4 aliphatic carbocycles. The Hall–Kier alpha value is -1.00. The summed E-state index contributed by atoms with van der Waals surface area (Å²) in [5.41, 5.74) is 2.29. The number of aliphatic hydroxyl groups excluding tert-OH is 8. The SMILES string of the molecule is CC(C)=CC/C=C(/C)[C@H]1CC[C@]2(C)[C@@H]1C(O)C[C@@H]1[C@@]3(C)CCC(O[C@@H]4O[C@H](CO)[C@@H](O)[C@H](O)[C@H]4O[C@@H]4O[C@H](CO)[C@@H](O)[C@H](O)[C@H]4O)C(C)(C)[C@@H]3CC[C@]12C. The number of hydrogen-bond acceptors (Lipinski definition) is 12. The van der Waals surface area contributed by atoms with Crippen molar-refractivity contribution in [3.8, 4) is 0 Å². The van der Waals surface area contributed by atoms with Crippen molar-refractivity contribution in [3.05, 3.63) is 23.3 Å². The highest BCUT2D eigenvalue weighted by Crippen LogP contribution is 2.75. The third-order valence-electron chi connectivity index (χ3n) is 16.1. The van der Waals surface area contributed by atoms with E-state index in [1.165, 1.54) is 11.1 Å². The Morgan fingerprint density at radius 1 is 0.667 bits per heavy atom. The van der Waals surface area contributed by atoms with Gasteiger partial charge < -0.3 is 59.8 Å². The smallest absolute Gasteiger partial charge is 0.187 e. The highest BCUT2D eigenvalue weighted by molar-refractivity contribution is 5.23. The molecule has 6 rings (SSSR count). The van der Waals surface area contributed by atoms with E-state index in [0.29, 0.717) is 18.3 Å². The lowest BCUT2D eigenvalue weighted by atomic mass is 9.35. The van der Waals surface area contributed by atoms with Gasteiger partial charge in [-0.3, -0.25) is 0 Å². The Labute approximate surface area is 321 Å². The molecule has 310 valence electrons. The van der Waals surface area contributed by atoms with E-state index in [1.54, 1.807) is 0 Å². The average Bonchev–Trinajstić information content (AvgIpc) is 3.49. The van der Waals surface area contributed by atoms with E-state index in [9.17, 15) is 40.9 Å². The topological polar surface area (TPSA) is 199 Å². The third kappa shape index (κ3) is 6.89. The third-order valence-corrected chi connectivity index (χ3v) is 16.1. The predicted molar refractivity (Wildman–Crippen MR) is 199 cm³/mol. The molecule has 12 nitrogen and oxygen atoms in total. The first-order chi connectivity index (χ1) is 25.3. The molecule has 0 bridgehead atoms. The van der Waals surface area contributed by atoms with Crippen LogP contribution in [0.5, 0.6) is 0 Å². The molecule has 2 heterocycles. The maximum absolute atomic E-state index is 12.1. The number of allylic oxidation sites excluding steroid dienone is 4. The number of fused-ring (bicyclic) bond motifs is 5. The van der Waals surface area contributed by atoms with Crippen molar-refractivity contribution in [1.29, 1.82) is 0 Å². The van der Waals surface area contributed by atoms with Crippen LogP contribution in [0.1, 0.15) is 107 Å². The van der Waals surface area contributed by atoms with Crippen LogP contribution in [-0.2, 0) is 18.9 Å². The van der Waals surface area contributed by atoms with Gasteiger partial charge in [-0.05, 0) is 117 Å². The van der Waals surface area contributed by atoms with Crippen LogP contribution in [0, 0.1) is 45.3 Å². The molecule has 6 aliphatic rings. The second-order valence-electron chi connectivity index (χ2n) is 19.4. The van der Waals surface area contributed by atoms with Gasteiger partial charge in [0.05, 0.1) is 25.4 Å². The van der Waals surface area contributed by atoms with Crippen molar-refractivity contribution in [3.63, 3.8) is 0 Å². The molecule has 2 aliphatic heterocycles. The van der Waals surface area contributed by atoms with Crippen molar-refractivity contribution in [1.82, 2.24) is 0 Å². The van der Waals surface area contributed by atoms with E-state index in [2.05, 4.69) is 67.5 Å². The molecule has 8 N–H and O–H groups in total. The lowest BCUT2D eigenvalue weighted by Gasteiger charge is -2.70. The van der Waals surface area contributed by atoms with Crippen molar-refractivity contribution >= 4 is 0 Å². The summed E-state index contributed by atoms with van der Waals surface area (Å²) in [6.07, 6.45) is -3.65. The quantitative estimate of drug-likeness (QED) is 0.126. The van der Waals surface area contributed by atoms with Gasteiger partial charge in [0.25, 0.3) is 0 Å². The number of rotatable bonds is 9. The molecule has 4 saturated carbocycles. The van der Waals surface area contributed by atoms with Crippen molar-refractivity contribution in [2.45, 2.75) is 180 Å². The lowest BCUT2D eigenvalue weighted by Crippen LogP contribution is -2.67. The Bertz CT molecular complexity index is 1380. The van der Waals surface area contributed by atoms with Crippen molar-refractivity contribution in [2.75, 3.05) is 13.2 Å². The summed E-state index contributed by atoms with van der Waals surface area (Å²) in [4.78, 5) is 0. The summed E-state index contributed by atoms with van der Waals surface area (Å²) in [5.74, 6) is 1.14. The minimum atomic E-state index is -1.74. The molecule has 54 heavy (non-hydrogen) atoms. The van der Waals surface area contributed by atoms with Crippen LogP contribution in [0.25, 0.3) is 0 Å². The Morgan fingerprint density at radius 3 is 1.91 bits per heavy atom. The summed E-state index contributed by atoms with van der Waals surface area (Å²) < 4.78 is 24.4. The summed E-state index contributed by atoms with van der Waals surface area (Å²) >= 11 is 0. The summed E-state index contributed by atoms with van der Waals surface area (Å²) in [6, 6.07) is 0. The summed E-state index contributed by atoms with van der Waals surface area (Å²) in [7, 11) is 0. The van der Waals surface area contributed by atoms with Crippen LogP contribution in [0.15, 0.2) is 23.3 Å². The Kier molecular flexibility index (Phi) is 12.3. The van der Waals surface area contributed by atoms with E-state index in [0.717, 1.165) is 44.9 Å². The maximum atomic E-state index is 12.1. The minimum Gasteiger partial charge on any atom is -0.394 e. The molecule has 0 aromatic carbocycles. The Morgan fingerprint density at radius 2 is 1.28 bits per heavy atom. The molecule has 0 amide bonds. The first-order valence-electron chi connectivity index (χ1n) is 20.5. The van der Waals surface area contributed by atoms with E-state index >= 15 is 0 Å². The largest absolute Gasteiger partial charge is 0.394 e. The van der Waals surface area contributed by atoms with Crippen LogP contribution in [0.4, 0.5) is 0 Å². The molecule has 19 atom stereocenters. The molecule has 0 aromatic heterocycles. The fourth-order valence-electron chi connectivity index (χ4n) is 12.9. The van der Waals surface area contributed by atoms with Crippen LogP contribution in [0.2, 0.25) is 0 Å². The minimum absolute atomic E-state index is 0.00171. The highest BCUT2D eigenvalue weighted by Gasteiger charge is 2.70. The molecular weight excluding hydrogens is 696 g/mol. The van der Waals surface area contributed by atoms with Gasteiger partial charge in [-0.15, -0.1) is 0 Å². The number of ether oxygens (including phenoxy) is 4. The predicted octanol–water partition coefficient (Wildman–Crippen LogP) is 2.95. The molecule has 2 unspecified atom stereocenters. The fraction of sp³-hybridized carbons (Fsp3) is 0.905. The van der Waals surface area contributed by atoms with Gasteiger partial charge in [0, 0.05) is 0 Å². The Balaban J connectivity index is 1.23. The zero-order chi connectivity index (χ0) is 39.7. The van der Waals surface area contributed by atoms with Crippen LogP contribution in [0.3, 0.4) is 0 Å². The van der Waals surface area contributed by atoms with Crippen LogP contribution >= 0.6 is 0 Å². The van der Waals surface area contributed by atoms with Crippen LogP contribution < -0.4 is 0 Å². The van der Waals surface area contributed by atoms with Crippen molar-refractivity contribution < 1.29 is 59.8 Å². The molecule has 0 aromatic rings. The highest BCUT2D eigenvalue weighted by atomic mass is 16.8. The van der Waals surface area contributed by atoms with Gasteiger partial charge in [-0.1, -0.05) is 57.9 Å². The summed E-state index contributed by atoms with van der Waals surface area (Å²) in [6.45, 7) is 17.1. The number of aliphatic hydroxyl groups is 8.